The molecule has 0 atom stereocenters. The average molecular weight is 899 g/mol. The number of halogens is 2. The lowest BCUT2D eigenvalue weighted by molar-refractivity contribution is -0.00932. The summed E-state index contributed by atoms with van der Waals surface area (Å²) in [4.78, 5) is 24.1. The fourth-order valence-electron chi connectivity index (χ4n) is 8.58. The van der Waals surface area contributed by atoms with Crippen LogP contribution in [0.4, 0.5) is 8.78 Å². The number of ether oxygens (including phenoxy) is 2. The highest BCUT2D eigenvalue weighted by molar-refractivity contribution is 7.91. The summed E-state index contributed by atoms with van der Waals surface area (Å²) >= 11 is 0. The van der Waals surface area contributed by atoms with Crippen LogP contribution in [0.1, 0.15) is 57.8 Å². The molecule has 4 aliphatic rings. The summed E-state index contributed by atoms with van der Waals surface area (Å²) in [6, 6.07) is 30.6. The number of carbonyl (C=O) groups is 2. The predicted octanol–water partition coefficient (Wildman–Crippen LogP) is 6.92. The van der Waals surface area contributed by atoms with Gasteiger partial charge in [0, 0.05) is 69.2 Å². The molecule has 6 heterocycles. The number of hydrogen-bond donors (Lipinski definition) is 2. The minimum absolute atomic E-state index is 0.136. The Morgan fingerprint density at radius 1 is 0.619 bits per heavy atom. The maximum Gasteiger partial charge on any atom is 0.335 e. The fraction of sp³-hybridized carbons (Fsp3) is 0.261. The zero-order valence-corrected chi connectivity index (χ0v) is 36.0. The summed E-state index contributed by atoms with van der Waals surface area (Å²) in [6.45, 7) is 2.93. The molecule has 2 spiro atoms. The highest BCUT2D eigenvalue weighted by atomic mass is 32.2. The smallest absolute Gasteiger partial charge is 0.335 e. The molecule has 2 aromatic heterocycles. The summed E-state index contributed by atoms with van der Waals surface area (Å²) in [5, 5.41) is 12.0. The number of likely N-dealkylation sites (tertiary alicyclic amines) is 1. The zero-order chi connectivity index (χ0) is 44.7. The first-order chi connectivity index (χ1) is 30.0. The van der Waals surface area contributed by atoms with Gasteiger partial charge in [-0.25, -0.2) is 30.4 Å². The first kappa shape index (κ1) is 43.4. The maximum absolute atomic E-state index is 13.9. The number of piperidine rings is 2. The lowest BCUT2D eigenvalue weighted by Gasteiger charge is -2.45. The van der Waals surface area contributed by atoms with Gasteiger partial charge in [-0.1, -0.05) is 24.3 Å². The summed E-state index contributed by atoms with van der Waals surface area (Å²) in [7, 11) is -7.49. The Labute approximate surface area is 363 Å². The molecular weight excluding hydrogens is 855 g/mol. The SMILES string of the molecule is CS(=O)(=O)c1cc(C(=O)N2CCC3(CC2)Oc2ccccc2-n2cccc23)ccc1F.CS(=O)(=O)c1cc(C(=O)O)ccc1F.c1ccc2c(c1)OC1(CCNCC1)c1cccn1-2. The van der Waals surface area contributed by atoms with Crippen LogP contribution in [0.25, 0.3) is 11.4 Å². The van der Waals surface area contributed by atoms with Crippen molar-refractivity contribution in [2.45, 2.75) is 46.7 Å². The Morgan fingerprint density at radius 2 is 1.06 bits per heavy atom. The first-order valence-corrected chi connectivity index (χ1v) is 23.9. The number of amides is 1. The summed E-state index contributed by atoms with van der Waals surface area (Å²) in [5.74, 6) is -1.60. The number of aromatic nitrogens is 2. The van der Waals surface area contributed by atoms with Gasteiger partial charge in [0.15, 0.2) is 30.9 Å². The van der Waals surface area contributed by atoms with Crippen molar-refractivity contribution in [1.82, 2.24) is 19.4 Å². The van der Waals surface area contributed by atoms with Gasteiger partial charge in [0.1, 0.15) is 32.9 Å². The van der Waals surface area contributed by atoms with Crippen LogP contribution in [0, 0.1) is 11.6 Å². The molecule has 2 saturated heterocycles. The van der Waals surface area contributed by atoms with E-state index in [0.717, 1.165) is 97.3 Å². The minimum atomic E-state index is -3.77. The van der Waals surface area contributed by atoms with E-state index in [-0.39, 0.29) is 22.6 Å². The molecule has 13 nitrogen and oxygen atoms in total. The molecule has 6 aromatic rings. The second-order valence-corrected chi connectivity index (χ2v) is 19.8. The molecule has 2 fully saturated rings. The van der Waals surface area contributed by atoms with E-state index < -0.39 is 52.7 Å². The predicted molar refractivity (Wildman–Crippen MR) is 229 cm³/mol. The van der Waals surface area contributed by atoms with Crippen molar-refractivity contribution in [2.24, 2.45) is 0 Å². The molecule has 0 aliphatic carbocycles. The normalized spacial score (nSPS) is 16.6. The van der Waals surface area contributed by atoms with E-state index in [1.54, 1.807) is 4.90 Å². The molecule has 63 heavy (non-hydrogen) atoms. The third kappa shape index (κ3) is 8.47. The van der Waals surface area contributed by atoms with Gasteiger partial charge in [-0.2, -0.15) is 0 Å². The average Bonchev–Trinajstić information content (AvgIpc) is 3.97. The van der Waals surface area contributed by atoms with E-state index in [4.69, 9.17) is 14.6 Å². The Kier molecular flexibility index (Phi) is 11.5. The van der Waals surface area contributed by atoms with Gasteiger partial charge in [-0.15, -0.1) is 0 Å². The monoisotopic (exact) mass is 898 g/mol. The van der Waals surface area contributed by atoms with E-state index in [2.05, 4.69) is 51.0 Å². The van der Waals surface area contributed by atoms with Crippen molar-refractivity contribution in [3.8, 4) is 22.9 Å². The number of para-hydroxylation sites is 4. The number of nitrogens with zero attached hydrogens (tertiary/aromatic N) is 3. The highest BCUT2D eigenvalue weighted by Crippen LogP contribution is 2.46. The fourth-order valence-corrected chi connectivity index (χ4v) is 10.1. The number of aromatic carboxylic acids is 1. The molecule has 0 saturated carbocycles. The van der Waals surface area contributed by atoms with Crippen molar-refractivity contribution >= 4 is 31.6 Å². The number of nitrogens with one attached hydrogen (secondary N) is 1. The third-order valence-electron chi connectivity index (χ3n) is 11.7. The van der Waals surface area contributed by atoms with E-state index in [9.17, 15) is 35.2 Å². The van der Waals surface area contributed by atoms with Crippen molar-refractivity contribution < 1.29 is 49.8 Å². The molecule has 4 aromatic carbocycles. The molecule has 0 bridgehead atoms. The largest absolute Gasteiger partial charge is 0.479 e. The number of carboxylic acids is 1. The van der Waals surface area contributed by atoms with E-state index in [1.165, 1.54) is 11.8 Å². The van der Waals surface area contributed by atoms with Gasteiger partial charge >= 0.3 is 5.97 Å². The number of benzene rings is 4. The van der Waals surface area contributed by atoms with Crippen LogP contribution in [0.3, 0.4) is 0 Å². The van der Waals surface area contributed by atoms with E-state index in [0.29, 0.717) is 25.9 Å². The number of sulfone groups is 2. The number of rotatable bonds is 4. The minimum Gasteiger partial charge on any atom is -0.479 e. The van der Waals surface area contributed by atoms with Crippen molar-refractivity contribution in [3.63, 3.8) is 0 Å². The lowest BCUT2D eigenvalue weighted by Crippen LogP contribution is -2.50. The van der Waals surface area contributed by atoms with Crippen LogP contribution in [-0.4, -0.2) is 86.5 Å². The van der Waals surface area contributed by atoms with Crippen molar-refractivity contribution in [2.75, 3.05) is 38.7 Å². The molecule has 17 heteroatoms. The highest BCUT2D eigenvalue weighted by Gasteiger charge is 2.45. The van der Waals surface area contributed by atoms with Crippen LogP contribution in [-0.2, 0) is 30.9 Å². The van der Waals surface area contributed by atoms with Gasteiger partial charge in [-0.3, -0.25) is 4.79 Å². The standard InChI is InChI=1S/C23H21FN2O4S.C15H16N2O.C8H7FO4S/c1-31(28,29)20-15-16(8-9-17(20)24)22(27)25-13-10-23(11-14-25)21-7-4-12-26(21)18-5-2-3-6-19(18)30-23;1-2-5-13-12(4-1)17-11-3-6-14(17)15(18-13)7-9-16-10-8-15;1-14(12,13)7-4-5(8(10)11)2-3-6(7)9/h2-9,12,15H,10-11,13-14H2,1H3;1-6,11,16H,7-10H2;2-4H,1H3,(H,10,11). The number of hydrogen-bond acceptors (Lipinski definition) is 9. The lowest BCUT2D eigenvalue weighted by atomic mass is 9.86. The Morgan fingerprint density at radius 3 is 1.54 bits per heavy atom. The van der Waals surface area contributed by atoms with Crippen LogP contribution < -0.4 is 14.8 Å². The second-order valence-electron chi connectivity index (χ2n) is 15.8. The summed E-state index contributed by atoms with van der Waals surface area (Å²) < 4.78 is 89.8. The first-order valence-electron chi connectivity index (χ1n) is 20.1. The molecule has 4 aliphatic heterocycles. The quantitative estimate of drug-likeness (QED) is 0.190. The molecule has 328 valence electrons. The maximum atomic E-state index is 13.9. The molecule has 0 radical (unpaired) electrons. The van der Waals surface area contributed by atoms with Gasteiger partial charge in [0.05, 0.1) is 28.3 Å². The summed E-state index contributed by atoms with van der Waals surface area (Å²) in [5.41, 5.74) is 3.73. The summed E-state index contributed by atoms with van der Waals surface area (Å²) in [6.07, 6.45) is 9.15. The number of carbonyl (C=O) groups excluding carboxylic acids is 1. The number of carboxylic acid groups (broad SMARTS) is 1. The van der Waals surface area contributed by atoms with Gasteiger partial charge in [0.2, 0.25) is 0 Å². The van der Waals surface area contributed by atoms with Crippen LogP contribution >= 0.6 is 0 Å². The van der Waals surface area contributed by atoms with Crippen molar-refractivity contribution in [3.05, 3.63) is 156 Å². The van der Waals surface area contributed by atoms with Crippen molar-refractivity contribution in [1.29, 1.82) is 0 Å². The van der Waals surface area contributed by atoms with E-state index >= 15 is 0 Å². The Hall–Kier alpha value is -6.30. The Balaban J connectivity index is 0.000000144. The van der Waals surface area contributed by atoms with Gasteiger partial charge in [0.25, 0.3) is 5.91 Å². The third-order valence-corrected chi connectivity index (χ3v) is 13.9. The van der Waals surface area contributed by atoms with Gasteiger partial charge < -0.3 is 33.9 Å². The van der Waals surface area contributed by atoms with Crippen LogP contribution in [0.5, 0.6) is 11.5 Å². The molecule has 2 N–H and O–H groups in total. The second kappa shape index (κ2) is 16.8. The van der Waals surface area contributed by atoms with Crippen LogP contribution in [0.2, 0.25) is 0 Å². The molecule has 10 rings (SSSR count). The van der Waals surface area contributed by atoms with Crippen LogP contribution in [0.15, 0.2) is 131 Å². The zero-order valence-electron chi connectivity index (χ0n) is 34.3. The Bertz CT molecular complexity index is 2950. The van der Waals surface area contributed by atoms with Gasteiger partial charge in [-0.05, 0) is 98.0 Å². The molecule has 1 amide bonds. The molecule has 0 unspecified atom stereocenters. The number of fused-ring (bicyclic) bond motifs is 8. The molecular formula is C46H44F2N4O9S2. The van der Waals surface area contributed by atoms with E-state index in [1.807, 2.05) is 48.7 Å². The topological polar surface area (TPSA) is 166 Å².